The molecule has 18 heavy (non-hydrogen) atoms. The summed E-state index contributed by atoms with van der Waals surface area (Å²) in [7, 11) is 0. The van der Waals surface area contributed by atoms with Crippen LogP contribution in [0.1, 0.15) is 15.9 Å². The van der Waals surface area contributed by atoms with Crippen LogP contribution in [0.5, 0.6) is 5.75 Å². The van der Waals surface area contributed by atoms with Crippen LogP contribution in [0.3, 0.4) is 0 Å². The molecule has 0 spiro atoms. The van der Waals surface area contributed by atoms with Crippen molar-refractivity contribution >= 4 is 17.6 Å². The quantitative estimate of drug-likeness (QED) is 0.612. The van der Waals surface area contributed by atoms with Crippen molar-refractivity contribution in [1.29, 1.82) is 5.26 Å². The zero-order valence-corrected chi connectivity index (χ0v) is 10.0. The molecule has 0 aliphatic rings. The average Bonchev–Trinajstić information content (AvgIpc) is 2.40. The molecule has 4 heteroatoms. The Morgan fingerprint density at radius 3 is 2.50 bits per heavy atom. The molecule has 0 aromatic heterocycles. The second-order valence-electron chi connectivity index (χ2n) is 3.48. The van der Waals surface area contributed by atoms with E-state index in [1.54, 1.807) is 42.5 Å². The fourth-order valence-electron chi connectivity index (χ4n) is 1.43. The highest BCUT2D eigenvalue weighted by atomic mass is 35.5. The Labute approximate surface area is 109 Å². The number of halogens is 1. The Balaban J connectivity index is 2.29. The van der Waals surface area contributed by atoms with Crippen LogP contribution in [-0.2, 0) is 0 Å². The molecule has 0 bridgehead atoms. The molecule has 0 unspecified atom stereocenters. The van der Waals surface area contributed by atoms with Gasteiger partial charge in [0, 0.05) is 0 Å². The largest absolute Gasteiger partial charge is 0.421 e. The van der Waals surface area contributed by atoms with E-state index in [-0.39, 0.29) is 16.3 Å². The molecule has 0 saturated heterocycles. The zero-order valence-electron chi connectivity index (χ0n) is 9.26. The van der Waals surface area contributed by atoms with Crippen molar-refractivity contribution in [3.63, 3.8) is 0 Å². The van der Waals surface area contributed by atoms with E-state index in [2.05, 4.69) is 0 Å². The molecule has 2 aromatic rings. The van der Waals surface area contributed by atoms with Gasteiger partial charge in [-0.05, 0) is 24.3 Å². The number of hydrogen-bond acceptors (Lipinski definition) is 3. The molecule has 0 amide bonds. The summed E-state index contributed by atoms with van der Waals surface area (Å²) in [4.78, 5) is 11.8. The number of nitriles is 1. The number of nitrogens with zero attached hydrogens (tertiary/aromatic N) is 1. The molecule has 0 aliphatic carbocycles. The molecule has 0 radical (unpaired) electrons. The van der Waals surface area contributed by atoms with Crippen molar-refractivity contribution in [2.45, 2.75) is 0 Å². The van der Waals surface area contributed by atoms with Gasteiger partial charge in [0.1, 0.15) is 11.6 Å². The second-order valence-corrected chi connectivity index (χ2v) is 3.89. The first-order chi connectivity index (χ1) is 8.72. The van der Waals surface area contributed by atoms with E-state index < -0.39 is 5.97 Å². The van der Waals surface area contributed by atoms with Crippen molar-refractivity contribution in [3.8, 4) is 11.8 Å². The van der Waals surface area contributed by atoms with Crippen LogP contribution in [0.25, 0.3) is 0 Å². The first-order valence-electron chi connectivity index (χ1n) is 5.18. The van der Waals surface area contributed by atoms with Crippen molar-refractivity contribution in [1.82, 2.24) is 0 Å². The molecule has 2 rings (SSSR count). The highest BCUT2D eigenvalue weighted by Gasteiger charge is 2.13. The van der Waals surface area contributed by atoms with Crippen LogP contribution in [0.4, 0.5) is 0 Å². The summed E-state index contributed by atoms with van der Waals surface area (Å²) in [5.41, 5.74) is 0.574. The minimum absolute atomic E-state index is 0.156. The summed E-state index contributed by atoms with van der Waals surface area (Å²) in [5.74, 6) is -0.354. The third kappa shape index (κ3) is 2.50. The number of hydrogen-bond donors (Lipinski definition) is 0. The van der Waals surface area contributed by atoms with E-state index in [0.29, 0.717) is 5.56 Å². The Kier molecular flexibility index (Phi) is 3.61. The summed E-state index contributed by atoms with van der Waals surface area (Å²) in [5, 5.41) is 9.22. The van der Waals surface area contributed by atoms with E-state index >= 15 is 0 Å². The van der Waals surface area contributed by atoms with Gasteiger partial charge in [0.15, 0.2) is 5.75 Å². The first-order valence-corrected chi connectivity index (χ1v) is 5.56. The standard InChI is InChI=1S/C14H8ClNO2/c15-12-7-4-8-13(11(12)9-16)18-14(17)10-5-2-1-3-6-10/h1-8H. The summed E-state index contributed by atoms with van der Waals surface area (Å²) in [6.07, 6.45) is 0. The van der Waals surface area contributed by atoms with E-state index in [0.717, 1.165) is 0 Å². The van der Waals surface area contributed by atoms with Gasteiger partial charge >= 0.3 is 5.97 Å². The second kappa shape index (κ2) is 5.35. The zero-order chi connectivity index (χ0) is 13.0. The van der Waals surface area contributed by atoms with Gasteiger partial charge in [0.05, 0.1) is 10.6 Å². The van der Waals surface area contributed by atoms with Crippen molar-refractivity contribution in [3.05, 3.63) is 64.7 Å². The van der Waals surface area contributed by atoms with Crippen LogP contribution in [0, 0.1) is 11.3 Å². The molecule has 0 saturated carbocycles. The Morgan fingerprint density at radius 2 is 1.83 bits per heavy atom. The lowest BCUT2D eigenvalue weighted by molar-refractivity contribution is 0.0734. The number of ether oxygens (including phenoxy) is 1. The monoisotopic (exact) mass is 257 g/mol. The molecule has 0 heterocycles. The maximum absolute atomic E-state index is 11.8. The maximum Gasteiger partial charge on any atom is 0.343 e. The smallest absolute Gasteiger partial charge is 0.343 e. The topological polar surface area (TPSA) is 50.1 Å². The van der Waals surface area contributed by atoms with Crippen molar-refractivity contribution in [2.75, 3.05) is 0 Å². The maximum atomic E-state index is 11.8. The molecular formula is C14H8ClNO2. The minimum Gasteiger partial charge on any atom is -0.421 e. The number of carbonyl (C=O) groups is 1. The highest BCUT2D eigenvalue weighted by molar-refractivity contribution is 6.32. The molecular weight excluding hydrogens is 250 g/mol. The van der Waals surface area contributed by atoms with Gasteiger partial charge in [-0.3, -0.25) is 0 Å². The molecule has 2 aromatic carbocycles. The molecule has 3 nitrogen and oxygen atoms in total. The normalized spacial score (nSPS) is 9.56. The minimum atomic E-state index is -0.519. The Hall–Kier alpha value is -2.31. The molecule has 0 aliphatic heterocycles. The Bertz CT molecular complexity index is 617. The highest BCUT2D eigenvalue weighted by Crippen LogP contribution is 2.25. The summed E-state index contributed by atoms with van der Waals surface area (Å²) >= 11 is 5.85. The van der Waals surface area contributed by atoms with Gasteiger partial charge in [-0.15, -0.1) is 0 Å². The van der Waals surface area contributed by atoms with Crippen LogP contribution in [0.2, 0.25) is 5.02 Å². The number of esters is 1. The van der Waals surface area contributed by atoms with Crippen molar-refractivity contribution in [2.24, 2.45) is 0 Å². The summed E-state index contributed by atoms with van der Waals surface area (Å²) in [6.45, 7) is 0. The lowest BCUT2D eigenvalue weighted by Crippen LogP contribution is -2.09. The fraction of sp³-hybridized carbons (Fsp3) is 0. The number of benzene rings is 2. The van der Waals surface area contributed by atoms with Crippen LogP contribution < -0.4 is 4.74 Å². The summed E-state index contributed by atoms with van der Waals surface area (Å²) in [6, 6.07) is 15.2. The lowest BCUT2D eigenvalue weighted by Gasteiger charge is -2.06. The van der Waals surface area contributed by atoms with Crippen LogP contribution in [-0.4, -0.2) is 5.97 Å². The number of rotatable bonds is 2. The van der Waals surface area contributed by atoms with Gasteiger partial charge in [0.2, 0.25) is 0 Å². The summed E-state index contributed by atoms with van der Waals surface area (Å²) < 4.78 is 5.16. The molecule has 0 atom stereocenters. The van der Waals surface area contributed by atoms with E-state index in [4.69, 9.17) is 21.6 Å². The predicted octanol–water partition coefficient (Wildman–Crippen LogP) is 3.43. The van der Waals surface area contributed by atoms with E-state index in [1.165, 1.54) is 6.07 Å². The first kappa shape index (κ1) is 12.2. The van der Waals surface area contributed by atoms with Gasteiger partial charge in [-0.1, -0.05) is 35.9 Å². The van der Waals surface area contributed by atoms with E-state index in [9.17, 15) is 4.79 Å². The molecule has 88 valence electrons. The van der Waals surface area contributed by atoms with Gasteiger partial charge in [-0.2, -0.15) is 5.26 Å². The van der Waals surface area contributed by atoms with Crippen molar-refractivity contribution < 1.29 is 9.53 Å². The van der Waals surface area contributed by atoms with Crippen LogP contribution in [0.15, 0.2) is 48.5 Å². The number of carbonyl (C=O) groups excluding carboxylic acids is 1. The fourth-order valence-corrected chi connectivity index (χ4v) is 1.64. The third-order valence-electron chi connectivity index (χ3n) is 2.30. The molecule has 0 N–H and O–H groups in total. The lowest BCUT2D eigenvalue weighted by atomic mass is 10.2. The SMILES string of the molecule is N#Cc1c(Cl)cccc1OC(=O)c1ccccc1. The predicted molar refractivity (Wildman–Crippen MR) is 67.6 cm³/mol. The third-order valence-corrected chi connectivity index (χ3v) is 2.61. The molecule has 0 fully saturated rings. The Morgan fingerprint density at radius 1 is 1.11 bits per heavy atom. The van der Waals surface area contributed by atoms with Gasteiger partial charge < -0.3 is 4.74 Å². The van der Waals surface area contributed by atoms with E-state index in [1.807, 2.05) is 6.07 Å². The average molecular weight is 258 g/mol. The van der Waals surface area contributed by atoms with Gasteiger partial charge in [-0.25, -0.2) is 4.79 Å². The van der Waals surface area contributed by atoms with Crippen LogP contribution >= 0.6 is 11.6 Å². The van der Waals surface area contributed by atoms with Gasteiger partial charge in [0.25, 0.3) is 0 Å².